The zero-order valence-corrected chi connectivity index (χ0v) is 12.0. The molecule has 0 amide bonds. The van der Waals surface area contributed by atoms with Crippen LogP contribution in [0.3, 0.4) is 0 Å². The largest absolute Gasteiger partial charge is 0.325 e. The summed E-state index contributed by atoms with van der Waals surface area (Å²) in [5, 5.41) is 0. The van der Waals surface area contributed by atoms with Crippen molar-refractivity contribution >= 4 is 10.0 Å². The first-order valence-electron chi connectivity index (χ1n) is 6.68. The molecular weight excluding hydrogens is 262 g/mol. The van der Waals surface area contributed by atoms with Crippen molar-refractivity contribution in [1.82, 2.24) is 9.71 Å². The lowest BCUT2D eigenvalue weighted by molar-refractivity contribution is 0.327. The average molecular weight is 283 g/mol. The standard InChI is InChI=1S/C13H21N3O2S/c1-10-3-2-4-11(7-10)16-19(17,18)13-6-5-12(8-14)15-9-13/h5-6,9-11,16H,2-4,7-8,14H2,1H3. The van der Waals surface area contributed by atoms with E-state index in [1.165, 1.54) is 12.6 Å². The van der Waals surface area contributed by atoms with Gasteiger partial charge in [-0.25, -0.2) is 13.1 Å². The first-order valence-corrected chi connectivity index (χ1v) is 8.17. The first-order chi connectivity index (χ1) is 9.01. The fraction of sp³-hybridized carbons (Fsp3) is 0.615. The zero-order chi connectivity index (χ0) is 13.9. The van der Waals surface area contributed by atoms with Crippen LogP contribution in [0, 0.1) is 5.92 Å². The van der Waals surface area contributed by atoms with Crippen molar-refractivity contribution in [1.29, 1.82) is 0 Å². The lowest BCUT2D eigenvalue weighted by Crippen LogP contribution is -2.37. The maximum atomic E-state index is 12.2. The molecule has 0 aromatic carbocycles. The summed E-state index contributed by atoms with van der Waals surface area (Å²) in [6.45, 7) is 2.48. The quantitative estimate of drug-likeness (QED) is 0.874. The Hall–Kier alpha value is -0.980. The van der Waals surface area contributed by atoms with Crippen molar-refractivity contribution in [2.45, 2.75) is 50.1 Å². The van der Waals surface area contributed by atoms with Crippen LogP contribution in [0.2, 0.25) is 0 Å². The molecule has 0 aliphatic heterocycles. The van der Waals surface area contributed by atoms with Gasteiger partial charge in [0.05, 0.1) is 5.69 Å². The van der Waals surface area contributed by atoms with E-state index < -0.39 is 10.0 Å². The lowest BCUT2D eigenvalue weighted by atomic mass is 9.88. The van der Waals surface area contributed by atoms with Gasteiger partial charge in [0.1, 0.15) is 4.90 Å². The van der Waals surface area contributed by atoms with Crippen molar-refractivity contribution in [2.75, 3.05) is 0 Å². The van der Waals surface area contributed by atoms with E-state index in [9.17, 15) is 8.42 Å². The first kappa shape index (κ1) is 14.4. The maximum Gasteiger partial charge on any atom is 0.242 e. The van der Waals surface area contributed by atoms with E-state index in [-0.39, 0.29) is 10.9 Å². The van der Waals surface area contributed by atoms with Crippen molar-refractivity contribution in [3.8, 4) is 0 Å². The predicted molar refractivity (Wildman–Crippen MR) is 73.9 cm³/mol. The summed E-state index contributed by atoms with van der Waals surface area (Å²) in [7, 11) is -3.46. The molecule has 3 N–H and O–H groups in total. The molecule has 0 radical (unpaired) electrons. The van der Waals surface area contributed by atoms with E-state index in [2.05, 4.69) is 16.6 Å². The lowest BCUT2D eigenvalue weighted by Gasteiger charge is -2.27. The second kappa shape index (κ2) is 5.98. The third-order valence-electron chi connectivity index (χ3n) is 3.58. The van der Waals surface area contributed by atoms with E-state index in [4.69, 9.17) is 5.73 Å². The highest BCUT2D eigenvalue weighted by molar-refractivity contribution is 7.89. The summed E-state index contributed by atoms with van der Waals surface area (Å²) in [6, 6.07) is 3.25. The van der Waals surface area contributed by atoms with Gasteiger partial charge in [-0.3, -0.25) is 4.98 Å². The minimum atomic E-state index is -3.46. The SMILES string of the molecule is CC1CCCC(NS(=O)(=O)c2ccc(CN)nc2)C1. The van der Waals surface area contributed by atoms with Crippen molar-refractivity contribution < 1.29 is 8.42 Å². The molecule has 2 unspecified atom stereocenters. The topological polar surface area (TPSA) is 85.1 Å². The van der Waals surface area contributed by atoms with Crippen LogP contribution in [-0.4, -0.2) is 19.4 Å². The molecule has 0 spiro atoms. The van der Waals surface area contributed by atoms with Crippen LogP contribution in [-0.2, 0) is 16.6 Å². The van der Waals surface area contributed by atoms with Crippen LogP contribution in [0.4, 0.5) is 0 Å². The summed E-state index contributed by atoms with van der Waals surface area (Å²) in [5.41, 5.74) is 6.13. The fourth-order valence-corrected chi connectivity index (χ4v) is 3.75. The Balaban J connectivity index is 2.08. The molecule has 19 heavy (non-hydrogen) atoms. The Morgan fingerprint density at radius 1 is 1.42 bits per heavy atom. The number of nitrogens with one attached hydrogen (secondary N) is 1. The summed E-state index contributed by atoms with van der Waals surface area (Å²) >= 11 is 0. The smallest absolute Gasteiger partial charge is 0.242 e. The molecule has 1 saturated carbocycles. The Bertz CT molecular complexity index is 513. The molecule has 1 aliphatic rings. The Kier molecular flexibility index (Phi) is 4.54. The van der Waals surface area contributed by atoms with Gasteiger partial charge in [0.15, 0.2) is 0 Å². The molecule has 1 aromatic heterocycles. The normalized spacial score (nSPS) is 24.3. The average Bonchev–Trinajstić information content (AvgIpc) is 2.38. The van der Waals surface area contributed by atoms with Crippen LogP contribution in [0.25, 0.3) is 0 Å². The van der Waals surface area contributed by atoms with Crippen LogP contribution < -0.4 is 10.5 Å². The predicted octanol–water partition coefficient (Wildman–Crippen LogP) is 1.40. The van der Waals surface area contributed by atoms with Crippen molar-refractivity contribution in [2.24, 2.45) is 11.7 Å². The molecule has 6 heteroatoms. The molecule has 106 valence electrons. The molecule has 1 aromatic rings. The molecule has 5 nitrogen and oxygen atoms in total. The number of nitrogens with two attached hydrogens (primary N) is 1. The maximum absolute atomic E-state index is 12.2. The van der Waals surface area contributed by atoms with E-state index >= 15 is 0 Å². The highest BCUT2D eigenvalue weighted by atomic mass is 32.2. The third-order valence-corrected chi connectivity index (χ3v) is 5.08. The van der Waals surface area contributed by atoms with Gasteiger partial charge in [0, 0.05) is 18.8 Å². The molecule has 1 aliphatic carbocycles. The summed E-state index contributed by atoms with van der Waals surface area (Å²) in [5.74, 6) is 0.583. The zero-order valence-electron chi connectivity index (χ0n) is 11.2. The summed E-state index contributed by atoms with van der Waals surface area (Å²) < 4.78 is 27.2. The Morgan fingerprint density at radius 2 is 2.21 bits per heavy atom. The molecule has 1 heterocycles. The van der Waals surface area contributed by atoms with Gasteiger partial charge in [-0.1, -0.05) is 19.8 Å². The molecule has 2 rings (SSSR count). The van der Waals surface area contributed by atoms with Gasteiger partial charge >= 0.3 is 0 Å². The van der Waals surface area contributed by atoms with Gasteiger partial charge in [-0.05, 0) is 30.9 Å². The van der Waals surface area contributed by atoms with E-state index in [0.29, 0.717) is 18.2 Å². The molecule has 1 fully saturated rings. The van der Waals surface area contributed by atoms with Gasteiger partial charge in [-0.2, -0.15) is 0 Å². The van der Waals surface area contributed by atoms with E-state index in [1.807, 2.05) is 0 Å². The fourth-order valence-electron chi connectivity index (χ4n) is 2.52. The second-order valence-corrected chi connectivity index (χ2v) is 6.99. The van der Waals surface area contributed by atoms with Crippen LogP contribution in [0.15, 0.2) is 23.2 Å². The summed E-state index contributed by atoms with van der Waals surface area (Å²) in [6.07, 6.45) is 5.46. The van der Waals surface area contributed by atoms with Gasteiger partial charge in [0.25, 0.3) is 0 Å². The van der Waals surface area contributed by atoms with Crippen molar-refractivity contribution in [3.05, 3.63) is 24.0 Å². The molecule has 0 bridgehead atoms. The number of hydrogen-bond acceptors (Lipinski definition) is 4. The minimum absolute atomic E-state index is 0.0444. The van der Waals surface area contributed by atoms with Crippen LogP contribution >= 0.6 is 0 Å². The Morgan fingerprint density at radius 3 is 2.79 bits per heavy atom. The van der Waals surface area contributed by atoms with E-state index in [1.54, 1.807) is 12.1 Å². The Labute approximate surface area is 114 Å². The number of aromatic nitrogens is 1. The van der Waals surface area contributed by atoms with Gasteiger partial charge in [-0.15, -0.1) is 0 Å². The third kappa shape index (κ3) is 3.75. The summed E-state index contributed by atoms with van der Waals surface area (Å²) in [4.78, 5) is 4.24. The molecule has 2 atom stereocenters. The minimum Gasteiger partial charge on any atom is -0.325 e. The highest BCUT2D eigenvalue weighted by Gasteiger charge is 2.24. The second-order valence-electron chi connectivity index (χ2n) is 5.28. The number of hydrogen-bond donors (Lipinski definition) is 2. The number of nitrogens with zero attached hydrogens (tertiary/aromatic N) is 1. The van der Waals surface area contributed by atoms with Gasteiger partial charge < -0.3 is 5.73 Å². The number of pyridine rings is 1. The van der Waals surface area contributed by atoms with Gasteiger partial charge in [0.2, 0.25) is 10.0 Å². The van der Waals surface area contributed by atoms with E-state index in [0.717, 1.165) is 19.3 Å². The molecule has 0 saturated heterocycles. The monoisotopic (exact) mass is 283 g/mol. The van der Waals surface area contributed by atoms with Crippen LogP contribution in [0.5, 0.6) is 0 Å². The molecular formula is C13H21N3O2S. The number of rotatable bonds is 4. The van der Waals surface area contributed by atoms with Crippen LogP contribution in [0.1, 0.15) is 38.3 Å². The van der Waals surface area contributed by atoms with Crippen molar-refractivity contribution in [3.63, 3.8) is 0 Å². The highest BCUT2D eigenvalue weighted by Crippen LogP contribution is 2.24. The number of sulfonamides is 1.